The van der Waals surface area contributed by atoms with Gasteiger partial charge >= 0.3 is 0 Å². The van der Waals surface area contributed by atoms with Crippen LogP contribution in [-0.4, -0.2) is 43.2 Å². The highest BCUT2D eigenvalue weighted by atomic mass is 35.5. The number of halogens is 2. The number of piperazine rings is 1. The van der Waals surface area contributed by atoms with Crippen LogP contribution in [-0.2, 0) is 6.54 Å². The second-order valence-corrected chi connectivity index (χ2v) is 10.2. The van der Waals surface area contributed by atoms with Crippen molar-refractivity contribution in [1.82, 2.24) is 15.2 Å². The van der Waals surface area contributed by atoms with Gasteiger partial charge in [0, 0.05) is 49.9 Å². The van der Waals surface area contributed by atoms with Gasteiger partial charge in [-0.15, -0.1) is 11.3 Å². The Kier molecular flexibility index (Phi) is 7.09. The van der Waals surface area contributed by atoms with Crippen LogP contribution >= 0.6 is 34.5 Å². The van der Waals surface area contributed by atoms with Crippen molar-refractivity contribution in [3.63, 3.8) is 0 Å². The van der Waals surface area contributed by atoms with Crippen LogP contribution < -0.4 is 15.4 Å². The highest BCUT2D eigenvalue weighted by Gasteiger charge is 2.17. The number of anilines is 2. The molecule has 2 N–H and O–H groups in total. The summed E-state index contributed by atoms with van der Waals surface area (Å²) < 4.78 is 6.21. The first-order chi connectivity index (χ1) is 17.1. The monoisotopic (exact) mass is 523 g/mol. The first-order valence-corrected chi connectivity index (χ1v) is 12.8. The first-order valence-electron chi connectivity index (χ1n) is 11.2. The second-order valence-electron chi connectivity index (χ2n) is 8.30. The molecule has 0 amide bonds. The lowest BCUT2D eigenvalue weighted by atomic mass is 10.1. The summed E-state index contributed by atoms with van der Waals surface area (Å²) >= 11 is 14.2. The Morgan fingerprint density at radius 3 is 2.63 bits per heavy atom. The summed E-state index contributed by atoms with van der Waals surface area (Å²) in [5.74, 6) is 0.496. The second kappa shape index (κ2) is 10.4. The third-order valence-corrected chi connectivity index (χ3v) is 7.82. The Labute approximate surface area is 218 Å². The van der Waals surface area contributed by atoms with Crippen molar-refractivity contribution in [2.45, 2.75) is 6.54 Å². The molecule has 1 aliphatic rings. The van der Waals surface area contributed by atoms with Crippen LogP contribution in [0.2, 0.25) is 10.0 Å². The molecule has 1 fully saturated rings. The molecule has 35 heavy (non-hydrogen) atoms. The van der Waals surface area contributed by atoms with Crippen LogP contribution in [0.3, 0.4) is 0 Å². The summed E-state index contributed by atoms with van der Waals surface area (Å²) in [7, 11) is 1.55. The number of nitrogens with one attached hydrogen (secondary N) is 2. The lowest BCUT2D eigenvalue weighted by Crippen LogP contribution is -2.42. The first kappa shape index (κ1) is 23.9. The number of rotatable bonds is 6. The largest absolute Gasteiger partial charge is 0.495 e. The van der Waals surface area contributed by atoms with Crippen molar-refractivity contribution in [1.29, 1.82) is 5.26 Å². The Morgan fingerprint density at radius 2 is 1.91 bits per heavy atom. The number of thiophene rings is 1. The Balaban J connectivity index is 1.47. The predicted molar refractivity (Wildman–Crippen MR) is 144 cm³/mol. The Hall–Kier alpha value is -2.86. The molecule has 0 unspecified atom stereocenters. The van der Waals surface area contributed by atoms with Crippen LogP contribution in [0.15, 0.2) is 48.7 Å². The van der Waals surface area contributed by atoms with Crippen molar-refractivity contribution >= 4 is 56.1 Å². The van der Waals surface area contributed by atoms with E-state index in [1.165, 1.54) is 5.56 Å². The number of nitrogens with zero attached hydrogens (tertiary/aromatic N) is 3. The average molecular weight is 524 g/mol. The molecule has 9 heteroatoms. The van der Waals surface area contributed by atoms with Gasteiger partial charge in [0.2, 0.25) is 0 Å². The van der Waals surface area contributed by atoms with Gasteiger partial charge in [-0.25, -0.2) is 0 Å². The van der Waals surface area contributed by atoms with E-state index in [2.05, 4.69) is 56.9 Å². The molecule has 0 saturated carbocycles. The fraction of sp³-hybridized carbons (Fsp3) is 0.231. The molecule has 2 aromatic heterocycles. The van der Waals surface area contributed by atoms with Gasteiger partial charge in [0.15, 0.2) is 0 Å². The highest BCUT2D eigenvalue weighted by molar-refractivity contribution is 7.22. The molecule has 0 bridgehead atoms. The fourth-order valence-electron chi connectivity index (χ4n) is 4.15. The summed E-state index contributed by atoms with van der Waals surface area (Å²) in [6, 6.07) is 16.3. The minimum atomic E-state index is 0.419. The van der Waals surface area contributed by atoms with Gasteiger partial charge in [-0.2, -0.15) is 5.26 Å². The van der Waals surface area contributed by atoms with Crippen molar-refractivity contribution < 1.29 is 4.74 Å². The van der Waals surface area contributed by atoms with Crippen molar-refractivity contribution in [2.24, 2.45) is 0 Å². The lowest BCUT2D eigenvalue weighted by molar-refractivity contribution is 0.233. The molecule has 0 aliphatic carbocycles. The third kappa shape index (κ3) is 5.08. The quantitative estimate of drug-likeness (QED) is 0.309. The number of ether oxygens (including phenoxy) is 1. The van der Waals surface area contributed by atoms with Crippen LogP contribution in [0.25, 0.3) is 20.7 Å². The minimum Gasteiger partial charge on any atom is -0.495 e. The number of hydrogen-bond donors (Lipinski definition) is 2. The Bertz CT molecular complexity index is 1410. The smallest absolute Gasteiger partial charge is 0.139 e. The van der Waals surface area contributed by atoms with Crippen molar-refractivity contribution in [3.05, 3.63) is 69.8 Å². The van der Waals surface area contributed by atoms with E-state index in [4.69, 9.17) is 27.9 Å². The molecular weight excluding hydrogens is 501 g/mol. The van der Waals surface area contributed by atoms with Crippen LogP contribution in [0.5, 0.6) is 5.75 Å². The molecule has 1 aliphatic heterocycles. The van der Waals surface area contributed by atoms with E-state index in [1.807, 2.05) is 0 Å². The van der Waals surface area contributed by atoms with E-state index >= 15 is 0 Å². The number of hydrogen-bond acceptors (Lipinski definition) is 7. The topological polar surface area (TPSA) is 73.2 Å². The van der Waals surface area contributed by atoms with Gasteiger partial charge in [0.05, 0.1) is 44.3 Å². The molecule has 0 radical (unpaired) electrons. The van der Waals surface area contributed by atoms with E-state index in [1.54, 1.807) is 36.8 Å². The van der Waals surface area contributed by atoms with Gasteiger partial charge in [0.25, 0.3) is 0 Å². The maximum Gasteiger partial charge on any atom is 0.139 e. The number of pyridine rings is 1. The molecule has 5 rings (SSSR count). The molecule has 178 valence electrons. The predicted octanol–water partition coefficient (Wildman–Crippen LogP) is 6.30. The van der Waals surface area contributed by atoms with Gasteiger partial charge in [0.1, 0.15) is 11.8 Å². The summed E-state index contributed by atoms with van der Waals surface area (Å²) in [4.78, 5) is 8.07. The highest BCUT2D eigenvalue weighted by Crippen LogP contribution is 2.41. The van der Waals surface area contributed by atoms with E-state index in [9.17, 15) is 5.26 Å². The number of nitriles is 1. The standard InChI is InChI=1S/C26H23Cl2N5OS/c1-34-23-11-21(19(27)10-20(23)28)32-25-18(13-29)14-31-22-12-24(35-26(22)25)17-4-2-16(3-5-17)15-33-8-6-30-7-9-33/h2-5,10-12,14,30H,6-9,15H2,1H3,(H,31,32). The molecule has 6 nitrogen and oxygen atoms in total. The molecule has 3 heterocycles. The molecule has 1 saturated heterocycles. The van der Waals surface area contributed by atoms with E-state index in [0.717, 1.165) is 53.4 Å². The number of aromatic nitrogens is 1. The van der Waals surface area contributed by atoms with Crippen molar-refractivity contribution in [3.8, 4) is 22.3 Å². The number of benzene rings is 2. The molecule has 4 aromatic rings. The van der Waals surface area contributed by atoms with Crippen LogP contribution in [0.1, 0.15) is 11.1 Å². The summed E-state index contributed by atoms with van der Waals surface area (Å²) in [5.41, 5.74) is 4.93. The fourth-order valence-corrected chi connectivity index (χ4v) is 5.78. The maximum absolute atomic E-state index is 9.75. The Morgan fingerprint density at radius 1 is 1.14 bits per heavy atom. The van der Waals surface area contributed by atoms with Gasteiger partial charge in [-0.3, -0.25) is 9.88 Å². The molecule has 2 aromatic carbocycles. The number of methoxy groups -OCH3 is 1. The van der Waals surface area contributed by atoms with E-state index < -0.39 is 0 Å². The van der Waals surface area contributed by atoms with Gasteiger partial charge in [-0.1, -0.05) is 47.5 Å². The molecular formula is C26H23Cl2N5OS. The molecule has 0 spiro atoms. The van der Waals surface area contributed by atoms with E-state index in [-0.39, 0.29) is 0 Å². The summed E-state index contributed by atoms with van der Waals surface area (Å²) in [6.07, 6.45) is 1.58. The van der Waals surface area contributed by atoms with Crippen LogP contribution in [0.4, 0.5) is 11.4 Å². The molecule has 0 atom stereocenters. The zero-order chi connectivity index (χ0) is 24.4. The van der Waals surface area contributed by atoms with Crippen molar-refractivity contribution in [2.75, 3.05) is 38.6 Å². The SMILES string of the molecule is COc1cc(Nc2c(C#N)cnc3cc(-c4ccc(CN5CCNCC5)cc4)sc23)c(Cl)cc1Cl. The summed E-state index contributed by atoms with van der Waals surface area (Å²) in [6.45, 7) is 5.19. The van der Waals surface area contributed by atoms with E-state index in [0.29, 0.717) is 32.7 Å². The van der Waals surface area contributed by atoms with Gasteiger partial charge < -0.3 is 15.4 Å². The normalized spacial score (nSPS) is 14.1. The summed E-state index contributed by atoms with van der Waals surface area (Å²) in [5, 5.41) is 17.3. The zero-order valence-corrected chi connectivity index (χ0v) is 21.4. The third-order valence-electron chi connectivity index (χ3n) is 6.02. The maximum atomic E-state index is 9.75. The minimum absolute atomic E-state index is 0.419. The van der Waals surface area contributed by atoms with Gasteiger partial charge in [-0.05, 0) is 23.3 Å². The number of fused-ring (bicyclic) bond motifs is 1. The average Bonchev–Trinajstić information content (AvgIpc) is 3.31. The van der Waals surface area contributed by atoms with Crippen LogP contribution in [0, 0.1) is 11.3 Å². The lowest BCUT2D eigenvalue weighted by Gasteiger charge is -2.27. The zero-order valence-electron chi connectivity index (χ0n) is 19.1.